The number of carbonyl (C=O) groups excluding carboxylic acids is 1. The second-order valence-corrected chi connectivity index (χ2v) is 10.0. The maximum Gasteiger partial charge on any atom is 0.330 e. The summed E-state index contributed by atoms with van der Waals surface area (Å²) in [6.07, 6.45) is 10.3. The van der Waals surface area contributed by atoms with Crippen molar-refractivity contribution < 1.29 is 14.3 Å². The number of carbonyl (C=O) groups is 1. The normalized spacial score (nSPS) is 24.9. The maximum atomic E-state index is 14.2. The minimum Gasteiger partial charge on any atom is -0.497 e. The molecule has 1 atom stereocenters. The fraction of sp³-hybridized carbons (Fsp3) is 0.517. The lowest BCUT2D eigenvalue weighted by Gasteiger charge is -2.42. The molecule has 36 heavy (non-hydrogen) atoms. The highest BCUT2D eigenvalue weighted by Gasteiger charge is 2.46. The summed E-state index contributed by atoms with van der Waals surface area (Å²) in [5.41, 5.74) is 3.78. The predicted molar refractivity (Wildman–Crippen MR) is 142 cm³/mol. The standard InChI is InChI=1S/C29H38N4O3/c1-4-24(31-14-16-36-17-15-31)18-26-21(2)28-30-19-27(23-8-6-5-7-9-23)33(28)29(34)32(26)20-22-10-12-25(35-3)13-11-22/h4,10-13,18,23,27H,2,5-9,14-17,19-20H2,1,3H3/b24-4+,26-18+. The van der Waals surface area contributed by atoms with Gasteiger partial charge in [0.1, 0.15) is 11.6 Å². The van der Waals surface area contributed by atoms with E-state index in [0.717, 1.165) is 47.2 Å². The van der Waals surface area contributed by atoms with Crippen LogP contribution in [0.25, 0.3) is 0 Å². The highest BCUT2D eigenvalue weighted by Crippen LogP contribution is 2.38. The monoisotopic (exact) mass is 490 g/mol. The molecule has 4 aliphatic rings. The van der Waals surface area contributed by atoms with E-state index in [2.05, 4.69) is 23.6 Å². The number of hydrogen-bond acceptors (Lipinski definition) is 5. The van der Waals surface area contributed by atoms with Crippen LogP contribution in [0.5, 0.6) is 5.75 Å². The molecule has 3 fully saturated rings. The molecule has 1 aromatic carbocycles. The number of benzene rings is 1. The summed E-state index contributed by atoms with van der Waals surface area (Å²) in [6.45, 7) is 10.7. The molecule has 2 saturated heterocycles. The van der Waals surface area contributed by atoms with Crippen molar-refractivity contribution in [2.24, 2.45) is 10.9 Å². The van der Waals surface area contributed by atoms with Crippen LogP contribution in [-0.4, -0.2) is 72.6 Å². The molecular weight excluding hydrogens is 452 g/mol. The van der Waals surface area contributed by atoms with Crippen LogP contribution in [0.1, 0.15) is 44.6 Å². The lowest BCUT2D eigenvalue weighted by Crippen LogP contribution is -2.55. The molecule has 0 bridgehead atoms. The van der Waals surface area contributed by atoms with Crippen LogP contribution in [-0.2, 0) is 11.3 Å². The molecule has 0 N–H and O–H groups in total. The molecule has 7 nitrogen and oxygen atoms in total. The molecule has 0 radical (unpaired) electrons. The van der Waals surface area contributed by atoms with Gasteiger partial charge in [-0.15, -0.1) is 0 Å². The lowest BCUT2D eigenvalue weighted by atomic mass is 9.83. The Morgan fingerprint density at radius 2 is 1.89 bits per heavy atom. The van der Waals surface area contributed by atoms with Gasteiger partial charge in [0.05, 0.1) is 45.2 Å². The molecular formula is C29H38N4O3. The quantitative estimate of drug-likeness (QED) is 0.565. The Hall–Kier alpha value is -3.06. The second-order valence-electron chi connectivity index (χ2n) is 10.0. The van der Waals surface area contributed by atoms with E-state index in [1.165, 1.54) is 32.1 Å². The van der Waals surface area contributed by atoms with Gasteiger partial charge in [0.2, 0.25) is 0 Å². The van der Waals surface area contributed by atoms with Crippen molar-refractivity contribution >= 4 is 11.9 Å². The highest BCUT2D eigenvalue weighted by atomic mass is 16.5. The molecule has 5 rings (SSSR count). The van der Waals surface area contributed by atoms with Crippen molar-refractivity contribution in [2.45, 2.75) is 51.6 Å². The number of amidine groups is 1. The maximum absolute atomic E-state index is 14.2. The van der Waals surface area contributed by atoms with Crippen molar-refractivity contribution in [3.63, 3.8) is 0 Å². The number of ether oxygens (including phenoxy) is 2. The van der Waals surface area contributed by atoms with Crippen LogP contribution in [0.3, 0.4) is 0 Å². The molecule has 1 saturated carbocycles. The van der Waals surface area contributed by atoms with Crippen molar-refractivity contribution in [3.05, 3.63) is 65.5 Å². The number of methoxy groups -OCH3 is 1. The topological polar surface area (TPSA) is 57.6 Å². The van der Waals surface area contributed by atoms with E-state index in [1.54, 1.807) is 7.11 Å². The zero-order chi connectivity index (χ0) is 25.1. The van der Waals surface area contributed by atoms with Crippen molar-refractivity contribution in [3.8, 4) is 5.75 Å². The number of morpholine rings is 1. The minimum atomic E-state index is 0.00808. The van der Waals surface area contributed by atoms with Gasteiger partial charge >= 0.3 is 6.03 Å². The van der Waals surface area contributed by atoms with Gasteiger partial charge in [-0.2, -0.15) is 0 Å². The van der Waals surface area contributed by atoms with Gasteiger partial charge in [0.15, 0.2) is 0 Å². The average molecular weight is 491 g/mol. The average Bonchev–Trinajstić information content (AvgIpc) is 3.39. The number of nitrogens with zero attached hydrogens (tertiary/aromatic N) is 4. The smallest absolute Gasteiger partial charge is 0.330 e. The second kappa shape index (κ2) is 10.9. The van der Waals surface area contributed by atoms with Gasteiger partial charge in [-0.05, 0) is 49.5 Å². The predicted octanol–water partition coefficient (Wildman–Crippen LogP) is 4.97. The van der Waals surface area contributed by atoms with E-state index in [4.69, 9.17) is 14.5 Å². The molecule has 1 aromatic rings. The fourth-order valence-corrected chi connectivity index (χ4v) is 5.91. The third-order valence-electron chi connectivity index (χ3n) is 7.95. The number of allylic oxidation sites excluding steroid dienone is 2. The number of amides is 2. The Labute approximate surface area is 214 Å². The third-order valence-corrected chi connectivity index (χ3v) is 7.95. The number of rotatable bonds is 6. The van der Waals surface area contributed by atoms with Gasteiger partial charge in [0, 0.05) is 24.4 Å². The molecule has 3 aliphatic heterocycles. The molecule has 1 aliphatic carbocycles. The molecule has 192 valence electrons. The molecule has 2 amide bonds. The number of hydrogen-bond donors (Lipinski definition) is 0. The van der Waals surface area contributed by atoms with E-state index in [0.29, 0.717) is 32.2 Å². The van der Waals surface area contributed by atoms with Crippen LogP contribution >= 0.6 is 0 Å². The van der Waals surface area contributed by atoms with E-state index < -0.39 is 0 Å². The zero-order valence-corrected chi connectivity index (χ0v) is 21.6. The molecule has 3 heterocycles. The summed E-state index contributed by atoms with van der Waals surface area (Å²) in [5, 5.41) is 0. The van der Waals surface area contributed by atoms with Crippen molar-refractivity contribution in [2.75, 3.05) is 40.0 Å². The summed E-state index contributed by atoms with van der Waals surface area (Å²) in [6, 6.07) is 8.08. The first-order valence-corrected chi connectivity index (χ1v) is 13.3. The van der Waals surface area contributed by atoms with Gasteiger partial charge in [-0.1, -0.05) is 44.1 Å². The van der Waals surface area contributed by atoms with E-state index in [1.807, 2.05) is 41.0 Å². The Bertz CT molecular complexity index is 1060. The van der Waals surface area contributed by atoms with Gasteiger partial charge in [0.25, 0.3) is 0 Å². The largest absolute Gasteiger partial charge is 0.497 e. The summed E-state index contributed by atoms with van der Waals surface area (Å²) >= 11 is 0. The zero-order valence-electron chi connectivity index (χ0n) is 21.6. The lowest BCUT2D eigenvalue weighted by molar-refractivity contribution is 0.0552. The van der Waals surface area contributed by atoms with Crippen LogP contribution < -0.4 is 4.74 Å². The van der Waals surface area contributed by atoms with Crippen molar-refractivity contribution in [1.29, 1.82) is 0 Å². The first kappa shape index (κ1) is 24.6. The Balaban J connectivity index is 1.49. The molecule has 0 spiro atoms. The minimum absolute atomic E-state index is 0.00808. The number of aliphatic imine (C=N–C) groups is 1. The van der Waals surface area contributed by atoms with Gasteiger partial charge in [-0.25, -0.2) is 4.79 Å². The van der Waals surface area contributed by atoms with Crippen LogP contribution in [0.4, 0.5) is 4.79 Å². The summed E-state index contributed by atoms with van der Waals surface area (Å²) in [5.74, 6) is 2.06. The van der Waals surface area contributed by atoms with Gasteiger partial charge < -0.3 is 14.4 Å². The highest BCUT2D eigenvalue weighted by molar-refractivity contribution is 6.14. The Morgan fingerprint density at radius 3 is 2.56 bits per heavy atom. The van der Waals surface area contributed by atoms with E-state index >= 15 is 0 Å². The van der Waals surface area contributed by atoms with Crippen LogP contribution in [0.15, 0.2) is 65.0 Å². The van der Waals surface area contributed by atoms with Crippen molar-refractivity contribution in [1.82, 2.24) is 14.7 Å². The number of fused-ring (bicyclic) bond motifs is 1. The van der Waals surface area contributed by atoms with Crippen LogP contribution in [0.2, 0.25) is 0 Å². The van der Waals surface area contributed by atoms with Gasteiger partial charge in [-0.3, -0.25) is 14.8 Å². The van der Waals surface area contributed by atoms with E-state index in [-0.39, 0.29) is 12.1 Å². The number of urea groups is 1. The third kappa shape index (κ3) is 4.81. The van der Waals surface area contributed by atoms with Crippen LogP contribution in [0, 0.1) is 5.92 Å². The molecule has 7 heteroatoms. The van der Waals surface area contributed by atoms with E-state index in [9.17, 15) is 4.79 Å². The molecule has 1 unspecified atom stereocenters. The fourth-order valence-electron chi connectivity index (χ4n) is 5.91. The Kier molecular flexibility index (Phi) is 7.46. The molecule has 0 aromatic heterocycles. The first-order chi connectivity index (χ1) is 17.6. The summed E-state index contributed by atoms with van der Waals surface area (Å²) in [7, 11) is 1.66. The first-order valence-electron chi connectivity index (χ1n) is 13.3. The summed E-state index contributed by atoms with van der Waals surface area (Å²) in [4.78, 5) is 25.3. The summed E-state index contributed by atoms with van der Waals surface area (Å²) < 4.78 is 10.9. The Morgan fingerprint density at radius 1 is 1.17 bits per heavy atom. The SMILES string of the molecule is C=C1C2=NCC(C3CCCCC3)N2C(=O)N(Cc2ccc(OC)cc2)/C1=C/C(=C\C)N1CCOCC1.